The van der Waals surface area contributed by atoms with Crippen LogP contribution in [0.4, 0.5) is 10.6 Å². The van der Waals surface area contributed by atoms with Gasteiger partial charge in [-0.25, -0.2) is 14.5 Å². The first-order chi connectivity index (χ1) is 12.1. The van der Waals surface area contributed by atoms with Crippen molar-refractivity contribution in [1.82, 2.24) is 24.6 Å². The van der Waals surface area contributed by atoms with Crippen molar-refractivity contribution in [3.05, 3.63) is 60.8 Å². The number of carbonyl (C=O) groups is 1. The topological polar surface area (TPSA) is 76.8 Å². The molecule has 2 N–H and O–H groups in total. The van der Waals surface area contributed by atoms with Crippen LogP contribution in [0.3, 0.4) is 0 Å². The second-order valence-electron chi connectivity index (χ2n) is 6.18. The Morgan fingerprint density at radius 1 is 1.16 bits per heavy atom. The molecule has 3 aromatic rings. The number of aromatic nitrogens is 4. The summed E-state index contributed by atoms with van der Waals surface area (Å²) in [7, 11) is 0. The number of amides is 2. The SMILES string of the molecule is CC(C)Cn1ccnc1CNC(=O)Nc1ccn(-c2ccccc2)n1. The Bertz CT molecular complexity index is 821. The first-order valence-corrected chi connectivity index (χ1v) is 8.28. The number of urea groups is 1. The van der Waals surface area contributed by atoms with Crippen LogP contribution in [-0.4, -0.2) is 25.4 Å². The Hall–Kier alpha value is -3.09. The second kappa shape index (κ2) is 7.65. The molecule has 0 aliphatic carbocycles. The summed E-state index contributed by atoms with van der Waals surface area (Å²) in [4.78, 5) is 16.4. The van der Waals surface area contributed by atoms with Crippen LogP contribution >= 0.6 is 0 Å². The molecule has 2 heterocycles. The number of imidazole rings is 1. The minimum Gasteiger partial charge on any atom is -0.333 e. The van der Waals surface area contributed by atoms with Gasteiger partial charge in [0.05, 0.1) is 12.2 Å². The summed E-state index contributed by atoms with van der Waals surface area (Å²) in [6, 6.07) is 11.2. The summed E-state index contributed by atoms with van der Waals surface area (Å²) in [5, 5.41) is 9.90. The number of anilines is 1. The van der Waals surface area contributed by atoms with Gasteiger partial charge in [-0.2, -0.15) is 0 Å². The van der Waals surface area contributed by atoms with Crippen molar-refractivity contribution in [2.45, 2.75) is 26.9 Å². The predicted octanol–water partition coefficient (Wildman–Crippen LogP) is 3.05. The highest BCUT2D eigenvalue weighted by Crippen LogP contribution is 2.10. The molecule has 0 unspecified atom stereocenters. The van der Waals surface area contributed by atoms with Gasteiger partial charge in [-0.1, -0.05) is 32.0 Å². The molecule has 0 radical (unpaired) electrons. The number of hydrogen-bond donors (Lipinski definition) is 2. The molecule has 130 valence electrons. The number of nitrogens with one attached hydrogen (secondary N) is 2. The maximum atomic E-state index is 12.1. The summed E-state index contributed by atoms with van der Waals surface area (Å²) in [5.74, 6) is 1.84. The van der Waals surface area contributed by atoms with Crippen LogP contribution in [0.15, 0.2) is 55.0 Å². The van der Waals surface area contributed by atoms with Gasteiger partial charge < -0.3 is 9.88 Å². The molecule has 2 aromatic heterocycles. The molecule has 0 bridgehead atoms. The van der Waals surface area contributed by atoms with Gasteiger partial charge in [0.2, 0.25) is 0 Å². The Morgan fingerprint density at radius 2 is 1.96 bits per heavy atom. The van der Waals surface area contributed by atoms with Gasteiger partial charge in [-0.15, -0.1) is 5.10 Å². The van der Waals surface area contributed by atoms with Crippen LogP contribution in [0.5, 0.6) is 0 Å². The lowest BCUT2D eigenvalue weighted by Crippen LogP contribution is -2.29. The number of para-hydroxylation sites is 1. The Balaban J connectivity index is 1.55. The zero-order valence-corrected chi connectivity index (χ0v) is 14.4. The van der Waals surface area contributed by atoms with Crippen LogP contribution in [-0.2, 0) is 13.1 Å². The molecule has 1 aromatic carbocycles. The van der Waals surface area contributed by atoms with Crippen LogP contribution in [0, 0.1) is 5.92 Å². The van der Waals surface area contributed by atoms with Crippen molar-refractivity contribution in [3.8, 4) is 5.69 Å². The molecule has 0 saturated carbocycles. The van der Waals surface area contributed by atoms with Gasteiger partial charge >= 0.3 is 6.03 Å². The molecule has 25 heavy (non-hydrogen) atoms. The molecule has 7 heteroatoms. The summed E-state index contributed by atoms with van der Waals surface area (Å²) >= 11 is 0. The van der Waals surface area contributed by atoms with E-state index >= 15 is 0 Å². The quantitative estimate of drug-likeness (QED) is 0.725. The standard InChI is InChI=1S/C18H22N6O/c1-14(2)13-23-11-9-19-17(23)12-20-18(25)21-16-8-10-24(22-16)15-6-4-3-5-7-15/h3-11,14H,12-13H2,1-2H3,(H2,20,21,22,25). The van der Waals surface area contributed by atoms with E-state index in [4.69, 9.17) is 0 Å². The van der Waals surface area contributed by atoms with Crippen LogP contribution in [0.1, 0.15) is 19.7 Å². The maximum Gasteiger partial charge on any atom is 0.320 e. The maximum absolute atomic E-state index is 12.1. The van der Waals surface area contributed by atoms with Gasteiger partial charge in [0.25, 0.3) is 0 Å². The van der Waals surface area contributed by atoms with Gasteiger partial charge in [0, 0.05) is 31.2 Å². The van der Waals surface area contributed by atoms with E-state index in [9.17, 15) is 4.79 Å². The Kier molecular flexibility index (Phi) is 5.13. The Morgan fingerprint density at radius 3 is 2.72 bits per heavy atom. The van der Waals surface area contributed by atoms with E-state index in [2.05, 4.69) is 39.1 Å². The third kappa shape index (κ3) is 4.47. The highest BCUT2D eigenvalue weighted by atomic mass is 16.2. The van der Waals surface area contributed by atoms with Crippen molar-refractivity contribution < 1.29 is 4.79 Å². The number of hydrogen-bond acceptors (Lipinski definition) is 3. The third-order valence-electron chi connectivity index (χ3n) is 3.62. The summed E-state index contributed by atoms with van der Waals surface area (Å²) in [6.07, 6.45) is 5.48. The van der Waals surface area contributed by atoms with E-state index in [0.29, 0.717) is 18.3 Å². The number of carbonyl (C=O) groups excluding carboxylic acids is 1. The molecule has 0 atom stereocenters. The summed E-state index contributed by atoms with van der Waals surface area (Å²) in [6.45, 7) is 5.53. The zero-order chi connectivity index (χ0) is 17.6. The fourth-order valence-electron chi connectivity index (χ4n) is 2.50. The van der Waals surface area contributed by atoms with Gasteiger partial charge in [-0.3, -0.25) is 5.32 Å². The first-order valence-electron chi connectivity index (χ1n) is 8.28. The van der Waals surface area contributed by atoms with Crippen molar-refractivity contribution in [2.24, 2.45) is 5.92 Å². The van der Waals surface area contributed by atoms with Gasteiger partial charge in [0.15, 0.2) is 5.82 Å². The predicted molar refractivity (Wildman–Crippen MR) is 96.5 cm³/mol. The van der Waals surface area contributed by atoms with Crippen LogP contribution in [0.25, 0.3) is 5.69 Å². The highest BCUT2D eigenvalue weighted by Gasteiger charge is 2.08. The van der Waals surface area contributed by atoms with E-state index in [0.717, 1.165) is 18.1 Å². The number of benzene rings is 1. The number of nitrogens with zero attached hydrogens (tertiary/aromatic N) is 4. The average Bonchev–Trinajstić information content (AvgIpc) is 3.23. The largest absolute Gasteiger partial charge is 0.333 e. The lowest BCUT2D eigenvalue weighted by molar-refractivity contribution is 0.251. The lowest BCUT2D eigenvalue weighted by Gasteiger charge is -2.11. The molecular formula is C18H22N6O. The summed E-state index contributed by atoms with van der Waals surface area (Å²) in [5.41, 5.74) is 0.937. The Labute approximate surface area is 146 Å². The molecule has 0 spiro atoms. The highest BCUT2D eigenvalue weighted by molar-refractivity contribution is 5.88. The van der Waals surface area contributed by atoms with Crippen molar-refractivity contribution in [1.29, 1.82) is 0 Å². The minimum atomic E-state index is -0.308. The van der Waals surface area contributed by atoms with E-state index in [1.165, 1.54) is 0 Å². The van der Waals surface area contributed by atoms with Crippen molar-refractivity contribution in [3.63, 3.8) is 0 Å². The minimum absolute atomic E-state index is 0.308. The van der Waals surface area contributed by atoms with Crippen molar-refractivity contribution >= 4 is 11.8 Å². The molecule has 3 rings (SSSR count). The normalized spacial score (nSPS) is 10.8. The molecule has 0 aliphatic heterocycles. The average molecular weight is 338 g/mol. The zero-order valence-electron chi connectivity index (χ0n) is 14.4. The fraction of sp³-hybridized carbons (Fsp3) is 0.278. The lowest BCUT2D eigenvalue weighted by atomic mass is 10.2. The van der Waals surface area contributed by atoms with E-state index in [1.54, 1.807) is 23.1 Å². The number of rotatable bonds is 6. The van der Waals surface area contributed by atoms with E-state index in [1.807, 2.05) is 36.5 Å². The van der Waals surface area contributed by atoms with E-state index < -0.39 is 0 Å². The first kappa shape index (κ1) is 16.8. The summed E-state index contributed by atoms with van der Waals surface area (Å²) < 4.78 is 3.76. The van der Waals surface area contributed by atoms with Gasteiger partial charge in [0.1, 0.15) is 5.82 Å². The van der Waals surface area contributed by atoms with Gasteiger partial charge in [-0.05, 0) is 18.1 Å². The molecule has 0 saturated heterocycles. The molecule has 0 fully saturated rings. The molecule has 2 amide bonds. The molecular weight excluding hydrogens is 316 g/mol. The van der Waals surface area contributed by atoms with Crippen LogP contribution < -0.4 is 10.6 Å². The molecule has 0 aliphatic rings. The monoisotopic (exact) mass is 338 g/mol. The molecule has 7 nitrogen and oxygen atoms in total. The second-order valence-corrected chi connectivity index (χ2v) is 6.18. The van der Waals surface area contributed by atoms with Crippen molar-refractivity contribution in [2.75, 3.05) is 5.32 Å². The third-order valence-corrected chi connectivity index (χ3v) is 3.62. The van der Waals surface area contributed by atoms with E-state index in [-0.39, 0.29) is 6.03 Å². The smallest absolute Gasteiger partial charge is 0.320 e. The fourth-order valence-corrected chi connectivity index (χ4v) is 2.50. The van der Waals surface area contributed by atoms with Crippen LogP contribution in [0.2, 0.25) is 0 Å².